The Bertz CT molecular complexity index is 321. The molecule has 0 saturated carbocycles. The number of nitrogens with zero attached hydrogens (tertiary/aromatic N) is 1. The molecule has 0 radical (unpaired) electrons. The summed E-state index contributed by atoms with van der Waals surface area (Å²) in [5, 5.41) is 0. The van der Waals surface area contributed by atoms with E-state index in [0.29, 0.717) is 17.7 Å². The number of amides is 1. The van der Waals surface area contributed by atoms with Crippen LogP contribution in [0.3, 0.4) is 0 Å². The molecule has 1 heterocycles. The van der Waals surface area contributed by atoms with Crippen molar-refractivity contribution in [2.24, 2.45) is 0 Å². The van der Waals surface area contributed by atoms with Gasteiger partial charge in [0.05, 0.1) is 13.7 Å². The van der Waals surface area contributed by atoms with E-state index in [2.05, 4.69) is 17.9 Å². The monoisotopic (exact) mass is 227 g/mol. The summed E-state index contributed by atoms with van der Waals surface area (Å²) in [4.78, 5) is 12.5. The lowest BCUT2D eigenvalue weighted by molar-refractivity contribution is 0.134. The van der Waals surface area contributed by atoms with Crippen LogP contribution in [0.1, 0.15) is 13.8 Å². The van der Waals surface area contributed by atoms with Crippen LogP contribution in [0.5, 0.6) is 0 Å². The van der Waals surface area contributed by atoms with Crippen molar-refractivity contribution < 1.29 is 13.9 Å². The van der Waals surface area contributed by atoms with Gasteiger partial charge in [0.1, 0.15) is 5.83 Å². The third-order valence-electron chi connectivity index (χ3n) is 2.10. The molecule has 0 atom stereocenters. The van der Waals surface area contributed by atoms with Gasteiger partial charge >= 0.3 is 6.09 Å². The lowest BCUT2D eigenvalue weighted by Crippen LogP contribution is -2.29. The van der Waals surface area contributed by atoms with Gasteiger partial charge in [-0.15, -0.1) is 0 Å². The molecule has 0 saturated heterocycles. The van der Waals surface area contributed by atoms with Crippen LogP contribution in [-0.2, 0) is 4.74 Å². The van der Waals surface area contributed by atoms with Gasteiger partial charge in [0, 0.05) is 12.1 Å². The van der Waals surface area contributed by atoms with Gasteiger partial charge < -0.3 is 4.74 Å². The van der Waals surface area contributed by atoms with Crippen molar-refractivity contribution in [2.75, 3.05) is 20.2 Å². The van der Waals surface area contributed by atoms with Crippen molar-refractivity contribution in [2.45, 2.75) is 13.8 Å². The number of methoxy groups -OCH3 is 1. The Kier molecular flexibility index (Phi) is 6.15. The van der Waals surface area contributed by atoms with Gasteiger partial charge in [0.2, 0.25) is 0 Å². The molecular formula is C12H18FNO2. The molecule has 1 aliphatic rings. The third-order valence-corrected chi connectivity index (χ3v) is 2.10. The molecule has 4 heteroatoms. The molecule has 0 aromatic heterocycles. The fourth-order valence-electron chi connectivity index (χ4n) is 1.36. The van der Waals surface area contributed by atoms with Gasteiger partial charge in [-0.05, 0) is 5.57 Å². The molecule has 0 N–H and O–H groups in total. The molecule has 0 fully saturated rings. The predicted octanol–water partition coefficient (Wildman–Crippen LogP) is 3.06. The fraction of sp³-hybridized carbons (Fsp3) is 0.417. The van der Waals surface area contributed by atoms with E-state index in [1.165, 1.54) is 18.1 Å². The zero-order valence-corrected chi connectivity index (χ0v) is 10.0. The van der Waals surface area contributed by atoms with Crippen molar-refractivity contribution in [3.63, 3.8) is 0 Å². The fourth-order valence-corrected chi connectivity index (χ4v) is 1.36. The van der Waals surface area contributed by atoms with Crippen LogP contribution in [0, 0.1) is 0 Å². The molecule has 1 aliphatic heterocycles. The lowest BCUT2D eigenvalue weighted by atomic mass is 10.1. The summed E-state index contributed by atoms with van der Waals surface area (Å²) in [7, 11) is 1.29. The number of carbonyl (C=O) groups excluding carboxylic acids is 1. The highest BCUT2D eigenvalue weighted by molar-refractivity contribution is 5.70. The molecule has 3 nitrogen and oxygen atoms in total. The maximum atomic E-state index is 12.9. The topological polar surface area (TPSA) is 29.5 Å². The molecule has 0 bridgehead atoms. The third kappa shape index (κ3) is 3.22. The second-order valence-electron chi connectivity index (χ2n) is 2.94. The van der Waals surface area contributed by atoms with Gasteiger partial charge in [0.25, 0.3) is 0 Å². The first kappa shape index (κ1) is 14.4. The minimum atomic E-state index is -0.522. The van der Waals surface area contributed by atoms with Crippen LogP contribution >= 0.6 is 0 Å². The molecule has 0 aromatic carbocycles. The first-order chi connectivity index (χ1) is 7.60. The van der Waals surface area contributed by atoms with Crippen LogP contribution in [0.2, 0.25) is 0 Å². The number of ether oxygens (including phenoxy) is 1. The average Bonchev–Trinajstić information content (AvgIpc) is 2.74. The first-order valence-corrected chi connectivity index (χ1v) is 5.12. The van der Waals surface area contributed by atoms with Crippen LogP contribution in [0.25, 0.3) is 0 Å². The van der Waals surface area contributed by atoms with Gasteiger partial charge in [-0.2, -0.15) is 0 Å². The van der Waals surface area contributed by atoms with Gasteiger partial charge in [-0.1, -0.05) is 33.1 Å². The summed E-state index contributed by atoms with van der Waals surface area (Å²) in [6.45, 7) is 11.3. The Balaban J connectivity index is 0.00000106. The standard InChI is InChI=1S/C10H12FNO2.C2H6/c1-4-8-5-12(10(13)14-3)6-9(8)7(2)11;1-2/h4H,1-2,5-6H2,3H3;1-2H3. The second-order valence-corrected chi connectivity index (χ2v) is 2.94. The number of hydrogen-bond acceptors (Lipinski definition) is 2. The summed E-state index contributed by atoms with van der Waals surface area (Å²) in [6, 6.07) is 0. The Hall–Kier alpha value is -1.58. The molecule has 0 aromatic rings. The van der Waals surface area contributed by atoms with Crippen molar-refractivity contribution in [1.82, 2.24) is 4.90 Å². The average molecular weight is 227 g/mol. The molecule has 1 rings (SSSR count). The smallest absolute Gasteiger partial charge is 0.410 e. The molecule has 0 aliphatic carbocycles. The van der Waals surface area contributed by atoms with E-state index in [1.807, 2.05) is 13.8 Å². The SMILES string of the molecule is C=CC1=C(C(=C)F)CN(C(=O)OC)C1.CC. The van der Waals surface area contributed by atoms with Gasteiger partial charge in [-0.3, -0.25) is 4.90 Å². The minimum absolute atomic E-state index is 0.198. The van der Waals surface area contributed by atoms with Crippen LogP contribution in [-0.4, -0.2) is 31.2 Å². The quantitative estimate of drug-likeness (QED) is 0.725. The Labute approximate surface area is 95.9 Å². The van der Waals surface area contributed by atoms with E-state index >= 15 is 0 Å². The summed E-state index contributed by atoms with van der Waals surface area (Å²) in [5.74, 6) is -0.522. The molecule has 1 amide bonds. The largest absolute Gasteiger partial charge is 0.453 e. The highest BCUT2D eigenvalue weighted by Gasteiger charge is 2.26. The summed E-state index contributed by atoms with van der Waals surface area (Å²) in [5.41, 5.74) is 1.10. The van der Waals surface area contributed by atoms with Crippen molar-refractivity contribution >= 4 is 6.09 Å². The highest BCUT2D eigenvalue weighted by atomic mass is 19.1. The summed E-state index contributed by atoms with van der Waals surface area (Å²) < 4.78 is 17.4. The van der Waals surface area contributed by atoms with Gasteiger partial charge in [-0.25, -0.2) is 9.18 Å². The molecule has 0 unspecified atom stereocenters. The van der Waals surface area contributed by atoms with E-state index in [-0.39, 0.29) is 6.54 Å². The zero-order chi connectivity index (χ0) is 12.7. The normalized spacial score (nSPS) is 14.1. The lowest BCUT2D eigenvalue weighted by Gasteiger charge is -2.13. The van der Waals surface area contributed by atoms with Crippen molar-refractivity contribution in [1.29, 1.82) is 0 Å². The highest BCUT2D eigenvalue weighted by Crippen LogP contribution is 2.24. The Morgan fingerprint density at radius 3 is 2.38 bits per heavy atom. The predicted molar refractivity (Wildman–Crippen MR) is 62.8 cm³/mol. The Morgan fingerprint density at radius 2 is 2.06 bits per heavy atom. The number of rotatable bonds is 2. The zero-order valence-electron chi connectivity index (χ0n) is 10.0. The number of hydrogen-bond donors (Lipinski definition) is 0. The molecule has 90 valence electrons. The second kappa shape index (κ2) is 6.82. The minimum Gasteiger partial charge on any atom is -0.453 e. The van der Waals surface area contributed by atoms with E-state index in [0.717, 1.165) is 0 Å². The van der Waals surface area contributed by atoms with Crippen molar-refractivity contribution in [3.05, 3.63) is 36.2 Å². The van der Waals surface area contributed by atoms with E-state index < -0.39 is 11.9 Å². The van der Waals surface area contributed by atoms with E-state index in [9.17, 15) is 9.18 Å². The van der Waals surface area contributed by atoms with Crippen LogP contribution < -0.4 is 0 Å². The van der Waals surface area contributed by atoms with E-state index in [1.54, 1.807) is 0 Å². The summed E-state index contributed by atoms with van der Waals surface area (Å²) >= 11 is 0. The molecular weight excluding hydrogens is 209 g/mol. The van der Waals surface area contributed by atoms with E-state index in [4.69, 9.17) is 0 Å². The summed E-state index contributed by atoms with van der Waals surface area (Å²) in [6.07, 6.45) is 1.06. The van der Waals surface area contributed by atoms with Crippen molar-refractivity contribution in [3.8, 4) is 0 Å². The van der Waals surface area contributed by atoms with Crippen LogP contribution in [0.15, 0.2) is 36.2 Å². The first-order valence-electron chi connectivity index (χ1n) is 5.12. The number of carbonyl (C=O) groups is 1. The molecule has 0 spiro atoms. The maximum Gasteiger partial charge on any atom is 0.410 e. The maximum absolute atomic E-state index is 12.9. The van der Waals surface area contributed by atoms with Gasteiger partial charge in [0.15, 0.2) is 0 Å². The Morgan fingerprint density at radius 1 is 1.50 bits per heavy atom. The van der Waals surface area contributed by atoms with Crippen LogP contribution in [0.4, 0.5) is 9.18 Å². The number of halogens is 1. The molecule has 16 heavy (non-hydrogen) atoms.